The van der Waals surface area contributed by atoms with E-state index in [-0.39, 0.29) is 18.5 Å². The van der Waals surface area contributed by atoms with Crippen molar-refractivity contribution in [2.75, 3.05) is 0 Å². The second-order valence-electron chi connectivity index (χ2n) is 4.35. The molecular weight excluding hydrogens is 216 g/mol. The first-order valence-corrected chi connectivity index (χ1v) is 5.99. The molecule has 0 saturated carbocycles. The van der Waals surface area contributed by atoms with E-state index in [1.165, 1.54) is 5.56 Å². The van der Waals surface area contributed by atoms with Crippen LogP contribution in [0.4, 0.5) is 0 Å². The van der Waals surface area contributed by atoms with E-state index in [1.54, 1.807) is 13.8 Å². The molecule has 1 aromatic rings. The first-order valence-electron chi connectivity index (χ1n) is 5.99. The van der Waals surface area contributed by atoms with E-state index in [1.807, 2.05) is 24.3 Å². The molecule has 1 rings (SSSR count). The SMILES string of the molecule is CCc1ccc(C(O)CC(=O)OC(C)C)cc1. The van der Waals surface area contributed by atoms with Crippen LogP contribution in [0.1, 0.15) is 44.4 Å². The number of aliphatic hydroxyl groups excluding tert-OH is 1. The highest BCUT2D eigenvalue weighted by Crippen LogP contribution is 2.18. The van der Waals surface area contributed by atoms with Gasteiger partial charge >= 0.3 is 5.97 Å². The Labute approximate surface area is 102 Å². The molecule has 1 N–H and O–H groups in total. The molecule has 0 saturated heterocycles. The van der Waals surface area contributed by atoms with Gasteiger partial charge in [0.1, 0.15) is 0 Å². The Kier molecular flexibility index (Phi) is 5.16. The van der Waals surface area contributed by atoms with Gasteiger partial charge in [-0.2, -0.15) is 0 Å². The lowest BCUT2D eigenvalue weighted by molar-refractivity contribution is -0.149. The molecule has 1 aromatic carbocycles. The maximum absolute atomic E-state index is 11.4. The van der Waals surface area contributed by atoms with Crippen LogP contribution in [0.25, 0.3) is 0 Å². The van der Waals surface area contributed by atoms with E-state index in [0.29, 0.717) is 0 Å². The van der Waals surface area contributed by atoms with Crippen LogP contribution in [0.2, 0.25) is 0 Å². The van der Waals surface area contributed by atoms with E-state index in [9.17, 15) is 9.90 Å². The van der Waals surface area contributed by atoms with Crippen molar-refractivity contribution >= 4 is 5.97 Å². The van der Waals surface area contributed by atoms with Gasteiger partial charge < -0.3 is 9.84 Å². The van der Waals surface area contributed by atoms with Crippen LogP contribution < -0.4 is 0 Å². The zero-order valence-electron chi connectivity index (χ0n) is 10.6. The summed E-state index contributed by atoms with van der Waals surface area (Å²) >= 11 is 0. The Morgan fingerprint density at radius 1 is 1.29 bits per heavy atom. The summed E-state index contributed by atoms with van der Waals surface area (Å²) in [7, 11) is 0. The van der Waals surface area contributed by atoms with Crippen LogP contribution in [0, 0.1) is 0 Å². The van der Waals surface area contributed by atoms with Gasteiger partial charge in [-0.05, 0) is 31.4 Å². The molecule has 0 spiro atoms. The quantitative estimate of drug-likeness (QED) is 0.799. The van der Waals surface area contributed by atoms with Crippen molar-refractivity contribution in [3.63, 3.8) is 0 Å². The first-order chi connectivity index (χ1) is 8.02. The van der Waals surface area contributed by atoms with Gasteiger partial charge in [0.2, 0.25) is 0 Å². The Morgan fingerprint density at radius 3 is 2.35 bits per heavy atom. The molecule has 0 aliphatic heterocycles. The average Bonchev–Trinajstić information content (AvgIpc) is 2.28. The monoisotopic (exact) mass is 236 g/mol. The number of rotatable bonds is 5. The molecule has 0 bridgehead atoms. The zero-order chi connectivity index (χ0) is 12.8. The minimum absolute atomic E-state index is 0.00362. The fraction of sp³-hybridized carbons (Fsp3) is 0.500. The number of carbonyl (C=O) groups is 1. The molecule has 1 atom stereocenters. The molecule has 17 heavy (non-hydrogen) atoms. The molecule has 0 radical (unpaired) electrons. The topological polar surface area (TPSA) is 46.5 Å². The molecule has 94 valence electrons. The van der Waals surface area contributed by atoms with Crippen molar-refractivity contribution in [1.29, 1.82) is 0 Å². The Bertz CT molecular complexity index is 354. The van der Waals surface area contributed by atoms with Gasteiger partial charge in [-0.25, -0.2) is 0 Å². The van der Waals surface area contributed by atoms with E-state index >= 15 is 0 Å². The number of benzene rings is 1. The minimum atomic E-state index is -0.785. The summed E-state index contributed by atoms with van der Waals surface area (Å²) in [6.45, 7) is 5.66. The van der Waals surface area contributed by atoms with E-state index < -0.39 is 6.10 Å². The van der Waals surface area contributed by atoms with Gasteiger partial charge in [0.25, 0.3) is 0 Å². The zero-order valence-corrected chi connectivity index (χ0v) is 10.6. The summed E-state index contributed by atoms with van der Waals surface area (Å²) in [4.78, 5) is 11.4. The molecule has 3 nitrogen and oxygen atoms in total. The highest BCUT2D eigenvalue weighted by molar-refractivity contribution is 5.70. The molecular formula is C14H20O3. The molecule has 0 fully saturated rings. The van der Waals surface area contributed by atoms with Crippen molar-refractivity contribution in [2.45, 2.75) is 45.8 Å². The highest BCUT2D eigenvalue weighted by Gasteiger charge is 2.14. The van der Waals surface area contributed by atoms with Crippen molar-refractivity contribution in [3.05, 3.63) is 35.4 Å². The van der Waals surface area contributed by atoms with Gasteiger partial charge in [-0.1, -0.05) is 31.2 Å². The third-order valence-electron chi connectivity index (χ3n) is 2.50. The lowest BCUT2D eigenvalue weighted by atomic mass is 10.0. The second-order valence-corrected chi connectivity index (χ2v) is 4.35. The number of carbonyl (C=O) groups excluding carboxylic acids is 1. The standard InChI is InChI=1S/C14H20O3/c1-4-11-5-7-12(8-6-11)13(15)9-14(16)17-10(2)3/h5-8,10,13,15H,4,9H2,1-3H3. The number of aliphatic hydroxyl groups is 1. The fourth-order valence-electron chi connectivity index (χ4n) is 1.56. The molecule has 0 aromatic heterocycles. The van der Waals surface area contributed by atoms with Crippen LogP contribution in [-0.4, -0.2) is 17.2 Å². The van der Waals surface area contributed by atoms with Gasteiger partial charge in [0.15, 0.2) is 0 Å². The lowest BCUT2D eigenvalue weighted by Gasteiger charge is -2.12. The van der Waals surface area contributed by atoms with Gasteiger partial charge in [-0.3, -0.25) is 4.79 Å². The van der Waals surface area contributed by atoms with Crippen LogP contribution in [0.15, 0.2) is 24.3 Å². The molecule has 0 aliphatic carbocycles. The van der Waals surface area contributed by atoms with Crippen LogP contribution >= 0.6 is 0 Å². The van der Waals surface area contributed by atoms with Crippen molar-refractivity contribution in [2.24, 2.45) is 0 Å². The van der Waals surface area contributed by atoms with E-state index in [4.69, 9.17) is 4.74 Å². The highest BCUT2D eigenvalue weighted by atomic mass is 16.5. The van der Waals surface area contributed by atoms with Crippen molar-refractivity contribution in [3.8, 4) is 0 Å². The molecule has 0 amide bonds. The summed E-state index contributed by atoms with van der Waals surface area (Å²) in [5.74, 6) is -0.368. The number of hydrogen-bond donors (Lipinski definition) is 1. The normalized spacial score (nSPS) is 12.5. The Morgan fingerprint density at radius 2 is 1.88 bits per heavy atom. The van der Waals surface area contributed by atoms with Crippen molar-refractivity contribution < 1.29 is 14.6 Å². The summed E-state index contributed by atoms with van der Waals surface area (Å²) < 4.78 is 4.99. The Hall–Kier alpha value is -1.35. The van der Waals surface area contributed by atoms with Crippen LogP contribution in [0.5, 0.6) is 0 Å². The van der Waals surface area contributed by atoms with Crippen LogP contribution in [-0.2, 0) is 16.0 Å². The average molecular weight is 236 g/mol. The largest absolute Gasteiger partial charge is 0.463 e. The third-order valence-corrected chi connectivity index (χ3v) is 2.50. The first kappa shape index (κ1) is 13.7. The smallest absolute Gasteiger partial charge is 0.309 e. The summed E-state index contributed by atoms with van der Waals surface area (Å²) in [5.41, 5.74) is 1.97. The van der Waals surface area contributed by atoms with Crippen LogP contribution in [0.3, 0.4) is 0 Å². The van der Waals surface area contributed by atoms with Gasteiger partial charge in [-0.15, -0.1) is 0 Å². The molecule has 3 heteroatoms. The van der Waals surface area contributed by atoms with Gasteiger partial charge in [0, 0.05) is 0 Å². The number of hydrogen-bond acceptors (Lipinski definition) is 3. The third kappa shape index (κ3) is 4.57. The number of ether oxygens (including phenoxy) is 1. The summed E-state index contributed by atoms with van der Waals surface area (Å²) in [6, 6.07) is 7.64. The van der Waals surface area contributed by atoms with E-state index in [0.717, 1.165) is 12.0 Å². The molecule has 0 aliphatic rings. The summed E-state index contributed by atoms with van der Waals surface area (Å²) in [6.07, 6.45) is 0.0411. The number of aryl methyl sites for hydroxylation is 1. The van der Waals surface area contributed by atoms with Gasteiger partial charge in [0.05, 0.1) is 18.6 Å². The predicted octanol–water partition coefficient (Wildman–Crippen LogP) is 2.62. The lowest BCUT2D eigenvalue weighted by Crippen LogP contribution is -2.14. The van der Waals surface area contributed by atoms with Crippen molar-refractivity contribution in [1.82, 2.24) is 0 Å². The number of esters is 1. The minimum Gasteiger partial charge on any atom is -0.463 e. The van der Waals surface area contributed by atoms with E-state index in [2.05, 4.69) is 6.92 Å². The Balaban J connectivity index is 2.56. The maximum Gasteiger partial charge on any atom is 0.309 e. The molecule has 0 heterocycles. The molecule has 1 unspecified atom stereocenters. The second kappa shape index (κ2) is 6.40. The fourth-order valence-corrected chi connectivity index (χ4v) is 1.56. The maximum atomic E-state index is 11.4. The summed E-state index contributed by atoms with van der Waals surface area (Å²) in [5, 5.41) is 9.87. The predicted molar refractivity (Wildman–Crippen MR) is 66.6 cm³/mol.